The average molecular weight is 444 g/mol. The molecular formula is C20H26ClN9O. The zero-order chi connectivity index (χ0) is 20.5. The van der Waals surface area contributed by atoms with Gasteiger partial charge in [0.2, 0.25) is 0 Å². The molecule has 1 fully saturated rings. The van der Waals surface area contributed by atoms with E-state index in [2.05, 4.69) is 25.4 Å². The number of hydrogen-bond donors (Lipinski definition) is 1. The molecule has 0 radical (unpaired) electrons. The standard InChI is InChI=1S/C20H25N9O.ClH/c21-15-3-5-16(6-4-15)29-13-17(24-26-29)20(30)27-9-7-18-23-19(25-28(18)11-10-27)14-2-1-8-22-12-14;/h1-2,8,12-13,15-16H,3-7,9-11,21H2;1H. The van der Waals surface area contributed by atoms with Crippen LogP contribution < -0.4 is 5.73 Å². The lowest BCUT2D eigenvalue weighted by Gasteiger charge is -2.25. The largest absolute Gasteiger partial charge is 0.335 e. The van der Waals surface area contributed by atoms with Crippen LogP contribution in [0, 0.1) is 0 Å². The minimum atomic E-state index is -0.0907. The Morgan fingerprint density at radius 3 is 2.74 bits per heavy atom. The summed E-state index contributed by atoms with van der Waals surface area (Å²) in [5, 5.41) is 13.0. The normalized spacial score (nSPS) is 21.1. The summed E-state index contributed by atoms with van der Waals surface area (Å²) in [4.78, 5) is 23.6. The van der Waals surface area contributed by atoms with Crippen molar-refractivity contribution in [3.8, 4) is 11.4 Å². The van der Waals surface area contributed by atoms with E-state index in [0.717, 1.165) is 37.1 Å². The topological polar surface area (TPSA) is 121 Å². The smallest absolute Gasteiger partial charge is 0.276 e. The Hall–Kier alpha value is -2.85. The minimum absolute atomic E-state index is 0. The highest BCUT2D eigenvalue weighted by atomic mass is 35.5. The monoisotopic (exact) mass is 443 g/mol. The van der Waals surface area contributed by atoms with Crippen LogP contribution in [0.3, 0.4) is 0 Å². The average Bonchev–Trinajstić information content (AvgIpc) is 3.38. The van der Waals surface area contributed by atoms with Gasteiger partial charge in [0.05, 0.1) is 18.8 Å². The fraction of sp³-hybridized carbons (Fsp3) is 0.500. The summed E-state index contributed by atoms with van der Waals surface area (Å²) in [7, 11) is 0. The second-order valence-corrected chi connectivity index (χ2v) is 8.01. The molecule has 4 heterocycles. The van der Waals surface area contributed by atoms with E-state index in [1.165, 1.54) is 0 Å². The lowest BCUT2D eigenvalue weighted by atomic mass is 9.92. The number of fused-ring (bicyclic) bond motifs is 1. The van der Waals surface area contributed by atoms with E-state index >= 15 is 0 Å². The number of amides is 1. The molecular weight excluding hydrogens is 418 g/mol. The number of halogens is 1. The van der Waals surface area contributed by atoms with Gasteiger partial charge in [-0.25, -0.2) is 14.3 Å². The van der Waals surface area contributed by atoms with Crippen LogP contribution in [-0.4, -0.2) is 64.7 Å². The number of pyridine rings is 1. The fourth-order valence-electron chi connectivity index (χ4n) is 4.20. The second-order valence-electron chi connectivity index (χ2n) is 8.01. The summed E-state index contributed by atoms with van der Waals surface area (Å²) in [6, 6.07) is 4.38. The summed E-state index contributed by atoms with van der Waals surface area (Å²) >= 11 is 0. The molecule has 10 nitrogen and oxygen atoms in total. The molecule has 2 aliphatic rings. The van der Waals surface area contributed by atoms with Crippen LogP contribution in [0.2, 0.25) is 0 Å². The van der Waals surface area contributed by atoms with E-state index in [0.29, 0.717) is 37.6 Å². The molecule has 3 aromatic rings. The van der Waals surface area contributed by atoms with Gasteiger partial charge in [-0.3, -0.25) is 9.78 Å². The van der Waals surface area contributed by atoms with Gasteiger partial charge >= 0.3 is 0 Å². The van der Waals surface area contributed by atoms with E-state index in [4.69, 9.17) is 5.73 Å². The van der Waals surface area contributed by atoms with E-state index in [9.17, 15) is 4.79 Å². The molecule has 2 N–H and O–H groups in total. The lowest BCUT2D eigenvalue weighted by Crippen LogP contribution is -2.34. The molecule has 1 amide bonds. The third-order valence-electron chi connectivity index (χ3n) is 5.99. The highest BCUT2D eigenvalue weighted by Gasteiger charge is 2.26. The van der Waals surface area contributed by atoms with E-state index < -0.39 is 0 Å². The number of carbonyl (C=O) groups is 1. The van der Waals surface area contributed by atoms with Crippen LogP contribution in [0.5, 0.6) is 0 Å². The van der Waals surface area contributed by atoms with Crippen molar-refractivity contribution in [2.75, 3.05) is 13.1 Å². The molecule has 1 aliphatic carbocycles. The molecule has 0 saturated heterocycles. The molecule has 0 atom stereocenters. The highest BCUT2D eigenvalue weighted by molar-refractivity contribution is 5.92. The number of aromatic nitrogens is 7. The maximum Gasteiger partial charge on any atom is 0.276 e. The zero-order valence-corrected chi connectivity index (χ0v) is 18.0. The maximum atomic E-state index is 13.0. The molecule has 1 saturated carbocycles. The predicted octanol–water partition coefficient (Wildman–Crippen LogP) is 1.49. The summed E-state index contributed by atoms with van der Waals surface area (Å²) in [5.41, 5.74) is 7.28. The van der Waals surface area contributed by atoms with Crippen molar-refractivity contribution in [1.29, 1.82) is 0 Å². The quantitative estimate of drug-likeness (QED) is 0.650. The summed E-state index contributed by atoms with van der Waals surface area (Å²) in [6.45, 7) is 1.74. The Morgan fingerprint density at radius 1 is 1.13 bits per heavy atom. The van der Waals surface area contributed by atoms with Crippen LogP contribution in [0.1, 0.15) is 48.0 Å². The first kappa shape index (κ1) is 21.4. The Balaban J connectivity index is 0.00000231. The van der Waals surface area contributed by atoms with Crippen LogP contribution in [0.4, 0.5) is 0 Å². The summed E-state index contributed by atoms with van der Waals surface area (Å²) in [6.07, 6.45) is 9.85. The van der Waals surface area contributed by atoms with Crippen molar-refractivity contribution >= 4 is 18.3 Å². The van der Waals surface area contributed by atoms with Gasteiger partial charge in [0.15, 0.2) is 11.5 Å². The van der Waals surface area contributed by atoms with Gasteiger partial charge in [-0.1, -0.05) is 5.21 Å². The minimum Gasteiger partial charge on any atom is -0.335 e. The van der Waals surface area contributed by atoms with Crippen molar-refractivity contribution in [3.63, 3.8) is 0 Å². The van der Waals surface area contributed by atoms with Gasteiger partial charge in [0.1, 0.15) is 5.82 Å². The second kappa shape index (κ2) is 9.11. The maximum absolute atomic E-state index is 13.0. The van der Waals surface area contributed by atoms with Gasteiger partial charge in [-0.2, -0.15) is 5.10 Å². The third kappa shape index (κ3) is 4.45. The molecule has 0 aromatic carbocycles. The molecule has 11 heteroatoms. The van der Waals surface area contributed by atoms with Gasteiger partial charge in [0, 0.05) is 43.5 Å². The molecule has 31 heavy (non-hydrogen) atoms. The van der Waals surface area contributed by atoms with Crippen LogP contribution in [-0.2, 0) is 13.0 Å². The fourth-order valence-corrected chi connectivity index (χ4v) is 4.20. The number of carbonyl (C=O) groups excluding carboxylic acids is 1. The Labute approximate surface area is 186 Å². The first-order valence-corrected chi connectivity index (χ1v) is 10.5. The van der Waals surface area contributed by atoms with E-state index in [1.54, 1.807) is 18.6 Å². The van der Waals surface area contributed by atoms with Crippen molar-refractivity contribution in [3.05, 3.63) is 42.2 Å². The van der Waals surface area contributed by atoms with Crippen LogP contribution in [0.25, 0.3) is 11.4 Å². The molecule has 3 aromatic heterocycles. The molecule has 0 unspecified atom stereocenters. The van der Waals surface area contributed by atoms with Crippen LogP contribution in [0.15, 0.2) is 30.7 Å². The van der Waals surface area contributed by atoms with E-state index in [1.807, 2.05) is 26.4 Å². The van der Waals surface area contributed by atoms with Gasteiger partial charge in [-0.15, -0.1) is 17.5 Å². The first-order chi connectivity index (χ1) is 14.7. The molecule has 5 rings (SSSR count). The Morgan fingerprint density at radius 2 is 1.97 bits per heavy atom. The van der Waals surface area contributed by atoms with Crippen molar-refractivity contribution in [2.24, 2.45) is 5.73 Å². The predicted molar refractivity (Wildman–Crippen MR) is 116 cm³/mol. The van der Waals surface area contributed by atoms with Crippen molar-refractivity contribution in [2.45, 2.75) is 50.7 Å². The van der Waals surface area contributed by atoms with Crippen molar-refractivity contribution in [1.82, 2.24) is 39.6 Å². The number of nitrogens with two attached hydrogens (primary N) is 1. The molecule has 1 aliphatic heterocycles. The molecule has 164 valence electrons. The number of hydrogen-bond acceptors (Lipinski definition) is 7. The van der Waals surface area contributed by atoms with Gasteiger partial charge in [-0.05, 0) is 37.8 Å². The van der Waals surface area contributed by atoms with Gasteiger partial charge < -0.3 is 10.6 Å². The van der Waals surface area contributed by atoms with Gasteiger partial charge in [0.25, 0.3) is 5.91 Å². The summed E-state index contributed by atoms with van der Waals surface area (Å²) in [5.74, 6) is 1.46. The Bertz CT molecular complexity index is 1000. The Kier molecular flexibility index (Phi) is 6.28. The third-order valence-corrected chi connectivity index (χ3v) is 5.99. The lowest BCUT2D eigenvalue weighted by molar-refractivity contribution is 0.0752. The molecule has 0 bridgehead atoms. The number of rotatable bonds is 3. The van der Waals surface area contributed by atoms with Crippen molar-refractivity contribution < 1.29 is 4.79 Å². The zero-order valence-electron chi connectivity index (χ0n) is 17.2. The van der Waals surface area contributed by atoms with E-state index in [-0.39, 0.29) is 30.4 Å². The highest BCUT2D eigenvalue weighted by Crippen LogP contribution is 2.27. The first-order valence-electron chi connectivity index (χ1n) is 10.5. The summed E-state index contributed by atoms with van der Waals surface area (Å²) < 4.78 is 3.72. The SMILES string of the molecule is Cl.NC1CCC(n2cc(C(=O)N3CCc4nc(-c5cccnc5)nn4CC3)nn2)CC1. The van der Waals surface area contributed by atoms with Crippen LogP contribution >= 0.6 is 12.4 Å². The number of nitrogens with zero attached hydrogens (tertiary/aromatic N) is 8. The molecule has 0 spiro atoms.